The van der Waals surface area contributed by atoms with E-state index in [0.717, 1.165) is 0 Å². The lowest BCUT2D eigenvalue weighted by atomic mass is 10.2. The number of phenolic OH excluding ortho intramolecular Hbond substituents is 1. The van der Waals surface area contributed by atoms with Crippen molar-refractivity contribution in [3.8, 4) is 5.75 Å². The number of para-hydroxylation sites is 1. The lowest BCUT2D eigenvalue weighted by molar-refractivity contribution is -0.113. The number of phenols is 1. The molecule has 17 heavy (non-hydrogen) atoms. The first-order valence-electron chi connectivity index (χ1n) is 4.80. The summed E-state index contributed by atoms with van der Waals surface area (Å²) in [4.78, 5) is 30.6. The smallest absolute Gasteiger partial charge is 0.178 e. The summed E-state index contributed by atoms with van der Waals surface area (Å²) in [6, 6.07) is 6.40. The summed E-state index contributed by atoms with van der Waals surface area (Å²) in [5, 5.41) is 8.88. The molecule has 1 aromatic carbocycles. The van der Waals surface area contributed by atoms with Crippen LogP contribution in [-0.4, -0.2) is 23.0 Å². The molecule has 1 N–H and O–H groups in total. The first-order chi connectivity index (χ1) is 8.13. The highest BCUT2D eigenvalue weighted by Gasteiger charge is 1.98. The van der Waals surface area contributed by atoms with Crippen LogP contribution >= 0.6 is 0 Å². The van der Waals surface area contributed by atoms with Crippen LogP contribution in [0.5, 0.6) is 5.75 Å². The highest BCUT2D eigenvalue weighted by molar-refractivity contribution is 6.14. The minimum atomic E-state index is -0.121. The van der Waals surface area contributed by atoms with Gasteiger partial charge in [0.2, 0.25) is 0 Å². The highest BCUT2D eigenvalue weighted by Crippen LogP contribution is 2.11. The van der Waals surface area contributed by atoms with Gasteiger partial charge in [0.05, 0.1) is 5.56 Å². The second-order valence-electron chi connectivity index (χ2n) is 3.15. The standard InChI is InChI=1S/C7H6O2.C6H4O2/c8-5-6-3-1-2-4-7(6)9;7-5-1-2-6(8)4-3-5/h1-5,9H;1-4H. The Bertz CT molecular complexity index is 460. The molecule has 0 atom stereocenters. The summed E-state index contributed by atoms with van der Waals surface area (Å²) in [5.41, 5.74) is 0.331. The fourth-order valence-corrected chi connectivity index (χ4v) is 1.03. The number of hydrogen-bond acceptors (Lipinski definition) is 4. The van der Waals surface area contributed by atoms with E-state index in [-0.39, 0.29) is 17.3 Å². The second kappa shape index (κ2) is 6.17. The topological polar surface area (TPSA) is 71.4 Å². The third-order valence-corrected chi connectivity index (χ3v) is 1.89. The molecule has 0 bridgehead atoms. The number of ketones is 2. The lowest BCUT2D eigenvalue weighted by Crippen LogP contribution is -1.97. The maximum absolute atomic E-state index is 10.3. The zero-order valence-electron chi connectivity index (χ0n) is 8.87. The zero-order chi connectivity index (χ0) is 12.7. The molecule has 0 amide bonds. The third kappa shape index (κ3) is 4.25. The van der Waals surface area contributed by atoms with Gasteiger partial charge in [0.25, 0.3) is 0 Å². The molecule has 0 saturated heterocycles. The van der Waals surface area contributed by atoms with E-state index in [1.54, 1.807) is 18.2 Å². The Balaban J connectivity index is 0.000000171. The quantitative estimate of drug-likeness (QED) is 0.585. The van der Waals surface area contributed by atoms with E-state index in [0.29, 0.717) is 11.8 Å². The van der Waals surface area contributed by atoms with Gasteiger partial charge in [0.15, 0.2) is 17.9 Å². The maximum Gasteiger partial charge on any atom is 0.178 e. The normalized spacial score (nSPS) is 12.9. The first kappa shape index (κ1) is 12.6. The minimum absolute atomic E-state index is 0.0347. The number of aldehydes is 1. The molecule has 0 saturated carbocycles. The van der Waals surface area contributed by atoms with Crippen molar-refractivity contribution in [1.82, 2.24) is 0 Å². The number of allylic oxidation sites excluding steroid dienone is 4. The van der Waals surface area contributed by atoms with Gasteiger partial charge in [-0.25, -0.2) is 0 Å². The minimum Gasteiger partial charge on any atom is -0.507 e. The van der Waals surface area contributed by atoms with Crippen molar-refractivity contribution in [1.29, 1.82) is 0 Å². The second-order valence-corrected chi connectivity index (χ2v) is 3.15. The van der Waals surface area contributed by atoms with Crippen molar-refractivity contribution in [2.45, 2.75) is 0 Å². The fraction of sp³-hybridized carbons (Fsp3) is 0. The van der Waals surface area contributed by atoms with Gasteiger partial charge < -0.3 is 5.11 Å². The van der Waals surface area contributed by atoms with Crippen LogP contribution in [0.1, 0.15) is 10.4 Å². The molecular weight excluding hydrogens is 220 g/mol. The largest absolute Gasteiger partial charge is 0.507 e. The number of carbonyl (C=O) groups is 3. The Morgan fingerprint density at radius 2 is 1.35 bits per heavy atom. The van der Waals surface area contributed by atoms with Crippen LogP contribution in [0.3, 0.4) is 0 Å². The molecule has 0 heterocycles. The number of carbonyl (C=O) groups excluding carboxylic acids is 3. The van der Waals surface area contributed by atoms with Crippen LogP contribution in [0.2, 0.25) is 0 Å². The van der Waals surface area contributed by atoms with Gasteiger partial charge in [-0.3, -0.25) is 14.4 Å². The number of rotatable bonds is 1. The molecule has 4 heteroatoms. The number of aromatic hydroxyl groups is 1. The van der Waals surface area contributed by atoms with E-state index in [9.17, 15) is 14.4 Å². The number of benzene rings is 1. The van der Waals surface area contributed by atoms with Crippen molar-refractivity contribution in [3.05, 3.63) is 54.1 Å². The Hall–Kier alpha value is -2.49. The molecule has 4 nitrogen and oxygen atoms in total. The summed E-state index contributed by atoms with van der Waals surface area (Å²) in [5.74, 6) is -0.207. The average molecular weight is 230 g/mol. The Morgan fingerprint density at radius 3 is 1.71 bits per heavy atom. The molecule has 0 aromatic heterocycles. The van der Waals surface area contributed by atoms with Gasteiger partial charge in [0, 0.05) is 0 Å². The summed E-state index contributed by atoms with van der Waals surface area (Å²) in [6.45, 7) is 0. The van der Waals surface area contributed by atoms with E-state index < -0.39 is 0 Å². The van der Waals surface area contributed by atoms with Crippen molar-refractivity contribution in [2.75, 3.05) is 0 Å². The Kier molecular flexibility index (Phi) is 4.57. The molecular formula is C13H10O4. The summed E-state index contributed by atoms with van der Waals surface area (Å²) >= 11 is 0. The van der Waals surface area contributed by atoms with Crippen LogP contribution in [0.4, 0.5) is 0 Å². The van der Waals surface area contributed by atoms with Gasteiger partial charge in [0.1, 0.15) is 5.75 Å². The molecule has 1 aliphatic carbocycles. The van der Waals surface area contributed by atoms with E-state index in [4.69, 9.17) is 5.11 Å². The molecule has 1 aromatic rings. The van der Waals surface area contributed by atoms with Gasteiger partial charge in [-0.1, -0.05) is 12.1 Å². The molecule has 1 aliphatic rings. The van der Waals surface area contributed by atoms with Crippen molar-refractivity contribution in [2.24, 2.45) is 0 Å². The zero-order valence-corrected chi connectivity index (χ0v) is 8.87. The SMILES string of the molecule is O=C1C=CC(=O)C=C1.O=Cc1ccccc1O. The lowest BCUT2D eigenvalue weighted by Gasteiger charge is -1.91. The Morgan fingerprint density at radius 1 is 0.882 bits per heavy atom. The van der Waals surface area contributed by atoms with Gasteiger partial charge >= 0.3 is 0 Å². The van der Waals surface area contributed by atoms with E-state index in [1.807, 2.05) is 0 Å². The average Bonchev–Trinajstić information content (AvgIpc) is 2.34. The molecule has 0 fully saturated rings. The van der Waals surface area contributed by atoms with Crippen LogP contribution in [0, 0.1) is 0 Å². The van der Waals surface area contributed by atoms with Gasteiger partial charge in [-0.05, 0) is 36.4 Å². The number of hydrogen-bond donors (Lipinski definition) is 1. The van der Waals surface area contributed by atoms with Gasteiger partial charge in [-0.15, -0.1) is 0 Å². The molecule has 0 radical (unpaired) electrons. The van der Waals surface area contributed by atoms with Crippen molar-refractivity contribution >= 4 is 17.9 Å². The first-order valence-corrected chi connectivity index (χ1v) is 4.80. The molecule has 0 aliphatic heterocycles. The third-order valence-electron chi connectivity index (χ3n) is 1.89. The summed E-state index contributed by atoms with van der Waals surface area (Å²) in [7, 11) is 0. The van der Waals surface area contributed by atoms with Crippen molar-refractivity contribution in [3.63, 3.8) is 0 Å². The van der Waals surface area contributed by atoms with Crippen LogP contribution < -0.4 is 0 Å². The summed E-state index contributed by atoms with van der Waals surface area (Å²) < 4.78 is 0. The predicted octanol–water partition coefficient (Wildman–Crippen LogP) is 1.46. The van der Waals surface area contributed by atoms with Crippen molar-refractivity contribution < 1.29 is 19.5 Å². The van der Waals surface area contributed by atoms with E-state index >= 15 is 0 Å². The molecule has 0 unspecified atom stereocenters. The maximum atomic E-state index is 10.3. The fourth-order valence-electron chi connectivity index (χ4n) is 1.03. The molecule has 86 valence electrons. The van der Waals surface area contributed by atoms with Crippen LogP contribution in [-0.2, 0) is 9.59 Å². The van der Waals surface area contributed by atoms with E-state index in [1.165, 1.54) is 30.4 Å². The highest BCUT2D eigenvalue weighted by atomic mass is 16.3. The Labute approximate surface area is 97.9 Å². The van der Waals surface area contributed by atoms with Gasteiger partial charge in [-0.2, -0.15) is 0 Å². The molecule has 2 rings (SSSR count). The van der Waals surface area contributed by atoms with E-state index in [2.05, 4.69) is 0 Å². The summed E-state index contributed by atoms with van der Waals surface area (Å²) in [6.07, 6.45) is 5.63. The molecule has 0 spiro atoms. The predicted molar refractivity (Wildman–Crippen MR) is 61.8 cm³/mol. The van der Waals surface area contributed by atoms with Crippen LogP contribution in [0.25, 0.3) is 0 Å². The van der Waals surface area contributed by atoms with Crippen LogP contribution in [0.15, 0.2) is 48.6 Å². The monoisotopic (exact) mass is 230 g/mol.